The number of hydrogen-bond donors (Lipinski definition) is 1. The summed E-state index contributed by atoms with van der Waals surface area (Å²) in [6.07, 6.45) is 3.43. The molecule has 2 heteroatoms. The van der Waals surface area contributed by atoms with Crippen LogP contribution < -0.4 is 5.73 Å². The molecule has 0 radical (unpaired) electrons. The van der Waals surface area contributed by atoms with Gasteiger partial charge in [0.1, 0.15) is 0 Å². The van der Waals surface area contributed by atoms with Crippen LogP contribution in [0.1, 0.15) is 0 Å². The molecule has 0 aliphatic rings. The second-order valence-electron chi connectivity index (χ2n) is 2.42. The van der Waals surface area contributed by atoms with E-state index >= 15 is 0 Å². The molecule has 0 bridgehead atoms. The Bertz CT molecular complexity index is 242. The van der Waals surface area contributed by atoms with E-state index in [1.54, 1.807) is 12.2 Å². The third kappa shape index (κ3) is 8.78. The minimum absolute atomic E-state index is 0.398. The third-order valence-electron chi connectivity index (χ3n) is 0.951. The molecule has 0 rings (SSSR count). The van der Waals surface area contributed by atoms with Gasteiger partial charge in [-0.1, -0.05) is 23.7 Å². The molecule has 0 fully saturated rings. The van der Waals surface area contributed by atoms with E-state index < -0.39 is 0 Å². The molecule has 0 saturated carbocycles. The largest absolute Gasteiger partial charge is 0.320 e. The van der Waals surface area contributed by atoms with Gasteiger partial charge in [0.2, 0.25) is 0 Å². The summed E-state index contributed by atoms with van der Waals surface area (Å²) in [5, 5.41) is 0. The lowest BCUT2D eigenvalue weighted by atomic mass is 10.4. The molecule has 0 spiro atoms. The van der Waals surface area contributed by atoms with E-state index in [1.165, 1.54) is 0 Å². The molecule has 0 aromatic heterocycles. The fourth-order valence-corrected chi connectivity index (χ4v) is 0.464. The molecular weight excluding hydrogens is 148 g/mol. The summed E-state index contributed by atoms with van der Waals surface area (Å²) < 4.78 is 0. The summed E-state index contributed by atoms with van der Waals surface area (Å²) in [7, 11) is 3.96. The van der Waals surface area contributed by atoms with Crippen molar-refractivity contribution in [2.45, 2.75) is 0 Å². The molecule has 64 valence electrons. The molecule has 0 aromatic rings. The Morgan fingerprint density at radius 2 is 1.75 bits per heavy atom. The van der Waals surface area contributed by atoms with Crippen LogP contribution in [0.2, 0.25) is 0 Å². The van der Waals surface area contributed by atoms with Gasteiger partial charge in [0, 0.05) is 0 Å². The molecule has 12 heavy (non-hydrogen) atoms. The summed E-state index contributed by atoms with van der Waals surface area (Å²) in [5.74, 6) is 11.3. The number of rotatable bonds is 1. The first-order valence-electron chi connectivity index (χ1n) is 3.74. The predicted molar refractivity (Wildman–Crippen MR) is 52.3 cm³/mol. The Labute approximate surface area is 74.4 Å². The zero-order chi connectivity index (χ0) is 9.23. The van der Waals surface area contributed by atoms with Gasteiger partial charge < -0.3 is 5.73 Å². The van der Waals surface area contributed by atoms with Crippen molar-refractivity contribution in [3.8, 4) is 23.7 Å². The fraction of sp³-hybridized carbons (Fsp3) is 0.400. The van der Waals surface area contributed by atoms with Gasteiger partial charge in [-0.25, -0.2) is 0 Å². The highest BCUT2D eigenvalue weighted by atomic mass is 15.0. The molecular formula is C10H14N2. The van der Waals surface area contributed by atoms with Crippen molar-refractivity contribution < 1.29 is 0 Å². The van der Waals surface area contributed by atoms with Gasteiger partial charge >= 0.3 is 0 Å². The van der Waals surface area contributed by atoms with Gasteiger partial charge in [0.15, 0.2) is 0 Å². The van der Waals surface area contributed by atoms with Gasteiger partial charge in [0.05, 0.1) is 13.1 Å². The Hall–Kier alpha value is -1.22. The van der Waals surface area contributed by atoms with Gasteiger partial charge in [0.25, 0.3) is 0 Å². The molecule has 0 saturated heterocycles. The van der Waals surface area contributed by atoms with Crippen LogP contribution >= 0.6 is 0 Å². The summed E-state index contributed by atoms with van der Waals surface area (Å²) in [4.78, 5) is 2.01. The minimum Gasteiger partial charge on any atom is -0.320 e. The van der Waals surface area contributed by atoms with Crippen molar-refractivity contribution in [1.29, 1.82) is 0 Å². The lowest BCUT2D eigenvalue weighted by Gasteiger charge is -1.99. The molecule has 0 atom stereocenters. The van der Waals surface area contributed by atoms with E-state index in [0.29, 0.717) is 6.54 Å². The van der Waals surface area contributed by atoms with Gasteiger partial charge in [-0.3, -0.25) is 4.90 Å². The van der Waals surface area contributed by atoms with Crippen LogP contribution in [0, 0.1) is 23.7 Å². The number of allylic oxidation sites excluding steroid dienone is 2. The van der Waals surface area contributed by atoms with Crippen molar-refractivity contribution in [2.24, 2.45) is 5.73 Å². The second kappa shape index (κ2) is 7.88. The van der Waals surface area contributed by atoms with Crippen molar-refractivity contribution in [3.63, 3.8) is 0 Å². The van der Waals surface area contributed by atoms with Gasteiger partial charge in [-0.05, 0) is 26.2 Å². The maximum atomic E-state index is 5.16. The normalized spacial score (nSPS) is 9.00. The predicted octanol–water partition coefficient (Wildman–Crippen LogP) is 0.0697. The molecule has 2 nitrogen and oxygen atoms in total. The Morgan fingerprint density at radius 3 is 2.25 bits per heavy atom. The van der Waals surface area contributed by atoms with E-state index in [9.17, 15) is 0 Å². The first-order chi connectivity index (χ1) is 5.77. The highest BCUT2D eigenvalue weighted by molar-refractivity contribution is 5.25. The van der Waals surface area contributed by atoms with E-state index in [2.05, 4.69) is 23.7 Å². The van der Waals surface area contributed by atoms with E-state index in [4.69, 9.17) is 5.73 Å². The van der Waals surface area contributed by atoms with E-state index in [-0.39, 0.29) is 0 Å². The maximum Gasteiger partial charge on any atom is 0.0600 e. The standard InChI is InChI=1S/C10H14N2/c1-12(2)10-8-6-4-3-5-7-9-11/h3-4H,9-11H2,1-2H3/b4-3-. The van der Waals surface area contributed by atoms with Crippen LogP contribution in [-0.2, 0) is 0 Å². The second-order valence-corrected chi connectivity index (χ2v) is 2.42. The Kier molecular flexibility index (Phi) is 7.08. The monoisotopic (exact) mass is 162 g/mol. The zero-order valence-corrected chi connectivity index (χ0v) is 7.59. The molecule has 0 aromatic carbocycles. The average molecular weight is 162 g/mol. The van der Waals surface area contributed by atoms with Crippen molar-refractivity contribution in [2.75, 3.05) is 27.2 Å². The molecule has 2 N–H and O–H groups in total. The topological polar surface area (TPSA) is 29.3 Å². The van der Waals surface area contributed by atoms with Crippen LogP contribution in [-0.4, -0.2) is 32.1 Å². The number of hydrogen-bond acceptors (Lipinski definition) is 2. The minimum atomic E-state index is 0.398. The van der Waals surface area contributed by atoms with Gasteiger partial charge in [-0.2, -0.15) is 0 Å². The summed E-state index contributed by atoms with van der Waals surface area (Å²) in [6.45, 7) is 1.17. The van der Waals surface area contributed by atoms with Crippen LogP contribution in [0.5, 0.6) is 0 Å². The van der Waals surface area contributed by atoms with E-state index in [1.807, 2.05) is 19.0 Å². The Morgan fingerprint density at radius 1 is 1.17 bits per heavy atom. The lowest BCUT2D eigenvalue weighted by molar-refractivity contribution is 0.464. The first-order valence-corrected chi connectivity index (χ1v) is 3.74. The SMILES string of the molecule is CN(C)CC#C/C=C\C#CCN. The fourth-order valence-electron chi connectivity index (χ4n) is 0.464. The molecule has 0 aliphatic heterocycles. The molecule has 0 unspecified atom stereocenters. The van der Waals surface area contributed by atoms with Crippen molar-refractivity contribution >= 4 is 0 Å². The smallest absolute Gasteiger partial charge is 0.0600 e. The van der Waals surface area contributed by atoms with Crippen molar-refractivity contribution in [1.82, 2.24) is 4.90 Å². The number of nitrogens with zero attached hydrogens (tertiary/aromatic N) is 1. The van der Waals surface area contributed by atoms with Crippen LogP contribution in [0.15, 0.2) is 12.2 Å². The maximum absolute atomic E-state index is 5.16. The highest BCUT2D eigenvalue weighted by Crippen LogP contribution is 1.70. The zero-order valence-electron chi connectivity index (χ0n) is 7.59. The summed E-state index contributed by atoms with van der Waals surface area (Å²) >= 11 is 0. The average Bonchev–Trinajstić information content (AvgIpc) is 2.02. The molecule has 0 amide bonds. The van der Waals surface area contributed by atoms with Crippen molar-refractivity contribution in [3.05, 3.63) is 12.2 Å². The van der Waals surface area contributed by atoms with Crippen LogP contribution in [0.3, 0.4) is 0 Å². The number of nitrogens with two attached hydrogens (primary N) is 1. The Balaban J connectivity index is 3.63. The van der Waals surface area contributed by atoms with E-state index in [0.717, 1.165) is 6.54 Å². The summed E-state index contributed by atoms with van der Waals surface area (Å²) in [6, 6.07) is 0. The third-order valence-corrected chi connectivity index (χ3v) is 0.951. The molecule has 0 aliphatic carbocycles. The van der Waals surface area contributed by atoms with Crippen LogP contribution in [0.25, 0.3) is 0 Å². The van der Waals surface area contributed by atoms with Gasteiger partial charge in [-0.15, -0.1) is 0 Å². The molecule has 0 heterocycles. The first kappa shape index (κ1) is 10.8. The quantitative estimate of drug-likeness (QED) is 0.553. The van der Waals surface area contributed by atoms with Crippen LogP contribution in [0.4, 0.5) is 0 Å². The lowest BCUT2D eigenvalue weighted by Crippen LogP contribution is -2.10. The highest BCUT2D eigenvalue weighted by Gasteiger charge is 1.77. The summed E-state index contributed by atoms with van der Waals surface area (Å²) in [5.41, 5.74) is 5.16.